The molecule has 1 rings (SSSR count). The maximum atomic E-state index is 9.65. The molecule has 0 saturated heterocycles. The van der Waals surface area contributed by atoms with Crippen molar-refractivity contribution < 1.29 is 5.11 Å². The molecular weight excluding hydrogens is 198 g/mol. The molecule has 0 radical (unpaired) electrons. The molecule has 1 unspecified atom stereocenters. The monoisotopic (exact) mass is 213 g/mol. The lowest BCUT2D eigenvalue weighted by Crippen LogP contribution is -2.44. The number of rotatable bonds is 3. The summed E-state index contributed by atoms with van der Waals surface area (Å²) >= 11 is 5.76. The molecule has 1 aromatic rings. The molecular formula is C11H16ClNO. The highest BCUT2D eigenvalue weighted by Gasteiger charge is 2.22. The van der Waals surface area contributed by atoms with Gasteiger partial charge in [0.2, 0.25) is 0 Å². The molecule has 0 aliphatic carbocycles. The van der Waals surface area contributed by atoms with Crippen LogP contribution in [0.25, 0.3) is 0 Å². The van der Waals surface area contributed by atoms with Crippen molar-refractivity contribution in [2.75, 3.05) is 0 Å². The fourth-order valence-corrected chi connectivity index (χ4v) is 1.25. The Bertz CT molecular complexity index is 289. The van der Waals surface area contributed by atoms with Gasteiger partial charge in [-0.05, 0) is 38.0 Å². The van der Waals surface area contributed by atoms with Gasteiger partial charge in [0.1, 0.15) is 0 Å². The Balaban J connectivity index is 2.65. The Kier molecular flexibility index (Phi) is 3.53. The van der Waals surface area contributed by atoms with Gasteiger partial charge in [-0.1, -0.05) is 23.7 Å². The topological polar surface area (TPSA) is 46.2 Å². The third-order valence-electron chi connectivity index (χ3n) is 2.28. The summed E-state index contributed by atoms with van der Waals surface area (Å²) in [5, 5.41) is 10.4. The summed E-state index contributed by atoms with van der Waals surface area (Å²) < 4.78 is 0. The van der Waals surface area contributed by atoms with Gasteiger partial charge in [-0.25, -0.2) is 0 Å². The molecule has 0 spiro atoms. The smallest absolute Gasteiger partial charge is 0.0745 e. The van der Waals surface area contributed by atoms with E-state index in [1.807, 2.05) is 24.3 Å². The standard InChI is InChI=1S/C11H16ClNO/c1-11(2,14)10(13)7-8-3-5-9(12)6-4-8/h3-6,10,14H,7,13H2,1-2H3. The fourth-order valence-electron chi connectivity index (χ4n) is 1.12. The van der Waals surface area contributed by atoms with Crippen LogP contribution in [-0.4, -0.2) is 16.7 Å². The third-order valence-corrected chi connectivity index (χ3v) is 2.53. The highest BCUT2D eigenvalue weighted by atomic mass is 35.5. The Morgan fingerprint density at radius 2 is 1.86 bits per heavy atom. The normalized spacial score (nSPS) is 14.1. The van der Waals surface area contributed by atoms with Crippen LogP contribution in [0.3, 0.4) is 0 Å². The van der Waals surface area contributed by atoms with Crippen LogP contribution in [0.2, 0.25) is 5.02 Å². The van der Waals surface area contributed by atoms with E-state index < -0.39 is 5.60 Å². The van der Waals surface area contributed by atoms with E-state index in [9.17, 15) is 5.11 Å². The van der Waals surface area contributed by atoms with Crippen molar-refractivity contribution in [1.82, 2.24) is 0 Å². The largest absolute Gasteiger partial charge is 0.389 e. The predicted molar refractivity (Wildman–Crippen MR) is 59.4 cm³/mol. The van der Waals surface area contributed by atoms with Crippen molar-refractivity contribution in [3.63, 3.8) is 0 Å². The van der Waals surface area contributed by atoms with Gasteiger partial charge in [0.05, 0.1) is 5.60 Å². The number of hydrogen-bond acceptors (Lipinski definition) is 2. The molecule has 1 aromatic carbocycles. The van der Waals surface area contributed by atoms with Gasteiger partial charge < -0.3 is 10.8 Å². The molecule has 2 nitrogen and oxygen atoms in total. The summed E-state index contributed by atoms with van der Waals surface area (Å²) in [4.78, 5) is 0. The van der Waals surface area contributed by atoms with Crippen LogP contribution in [-0.2, 0) is 6.42 Å². The van der Waals surface area contributed by atoms with Gasteiger partial charge in [-0.15, -0.1) is 0 Å². The first-order valence-electron chi connectivity index (χ1n) is 4.62. The van der Waals surface area contributed by atoms with Crippen LogP contribution in [0.5, 0.6) is 0 Å². The number of aliphatic hydroxyl groups is 1. The van der Waals surface area contributed by atoms with Gasteiger partial charge in [0.15, 0.2) is 0 Å². The van der Waals surface area contributed by atoms with E-state index in [-0.39, 0.29) is 6.04 Å². The second-order valence-corrected chi connectivity index (χ2v) is 4.53. The van der Waals surface area contributed by atoms with Crippen LogP contribution >= 0.6 is 11.6 Å². The zero-order valence-corrected chi connectivity index (χ0v) is 9.25. The van der Waals surface area contributed by atoms with Crippen LogP contribution in [0.15, 0.2) is 24.3 Å². The Morgan fingerprint density at radius 3 is 2.29 bits per heavy atom. The molecule has 0 bridgehead atoms. The van der Waals surface area contributed by atoms with Crippen LogP contribution in [0, 0.1) is 0 Å². The number of nitrogens with two attached hydrogens (primary N) is 1. The summed E-state index contributed by atoms with van der Waals surface area (Å²) in [5.41, 5.74) is 6.08. The lowest BCUT2D eigenvalue weighted by Gasteiger charge is -2.25. The van der Waals surface area contributed by atoms with Crippen molar-refractivity contribution in [2.45, 2.75) is 31.9 Å². The van der Waals surface area contributed by atoms with Crippen LogP contribution < -0.4 is 5.73 Å². The molecule has 3 N–H and O–H groups in total. The lowest BCUT2D eigenvalue weighted by atomic mass is 9.93. The van der Waals surface area contributed by atoms with Crippen LogP contribution in [0.1, 0.15) is 19.4 Å². The number of hydrogen-bond donors (Lipinski definition) is 2. The van der Waals surface area contributed by atoms with Gasteiger partial charge >= 0.3 is 0 Å². The molecule has 0 aliphatic heterocycles. The first-order valence-corrected chi connectivity index (χ1v) is 5.00. The van der Waals surface area contributed by atoms with E-state index in [1.54, 1.807) is 13.8 Å². The second-order valence-electron chi connectivity index (χ2n) is 4.09. The third kappa shape index (κ3) is 3.29. The SMILES string of the molecule is CC(C)(O)C(N)Cc1ccc(Cl)cc1. The van der Waals surface area contributed by atoms with E-state index in [0.29, 0.717) is 11.4 Å². The molecule has 0 amide bonds. The molecule has 78 valence electrons. The van der Waals surface area contributed by atoms with E-state index in [0.717, 1.165) is 5.56 Å². The maximum absolute atomic E-state index is 9.65. The lowest BCUT2D eigenvalue weighted by molar-refractivity contribution is 0.0521. The Hall–Kier alpha value is -0.570. The maximum Gasteiger partial charge on any atom is 0.0745 e. The number of halogens is 1. The Morgan fingerprint density at radius 1 is 1.36 bits per heavy atom. The highest BCUT2D eigenvalue weighted by molar-refractivity contribution is 6.30. The average molecular weight is 214 g/mol. The molecule has 0 aliphatic rings. The molecule has 1 atom stereocenters. The first-order chi connectivity index (χ1) is 6.39. The first kappa shape index (κ1) is 11.5. The second kappa shape index (κ2) is 4.30. The van der Waals surface area contributed by atoms with Crippen LogP contribution in [0.4, 0.5) is 0 Å². The summed E-state index contributed by atoms with van der Waals surface area (Å²) in [6.45, 7) is 3.43. The minimum Gasteiger partial charge on any atom is -0.389 e. The van der Waals surface area contributed by atoms with E-state index in [2.05, 4.69) is 0 Å². The van der Waals surface area contributed by atoms with E-state index in [1.165, 1.54) is 0 Å². The van der Waals surface area contributed by atoms with Gasteiger partial charge in [0, 0.05) is 11.1 Å². The zero-order valence-electron chi connectivity index (χ0n) is 8.50. The zero-order chi connectivity index (χ0) is 10.8. The Labute approximate surface area is 89.7 Å². The average Bonchev–Trinajstić information content (AvgIpc) is 2.07. The molecule has 0 saturated carbocycles. The predicted octanol–water partition coefficient (Wildman–Crippen LogP) is 1.98. The molecule has 0 fully saturated rings. The van der Waals surface area contributed by atoms with Crippen molar-refractivity contribution in [1.29, 1.82) is 0 Å². The minimum absolute atomic E-state index is 0.260. The quantitative estimate of drug-likeness (QED) is 0.807. The van der Waals surface area contributed by atoms with Gasteiger partial charge in [-0.3, -0.25) is 0 Å². The van der Waals surface area contributed by atoms with Crippen molar-refractivity contribution >= 4 is 11.6 Å². The molecule has 14 heavy (non-hydrogen) atoms. The molecule has 3 heteroatoms. The fraction of sp³-hybridized carbons (Fsp3) is 0.455. The molecule has 0 aromatic heterocycles. The summed E-state index contributed by atoms with van der Waals surface area (Å²) in [7, 11) is 0. The highest BCUT2D eigenvalue weighted by Crippen LogP contribution is 2.14. The van der Waals surface area contributed by atoms with Crippen molar-refractivity contribution in [3.05, 3.63) is 34.9 Å². The molecule has 0 heterocycles. The van der Waals surface area contributed by atoms with Crippen molar-refractivity contribution in [3.8, 4) is 0 Å². The summed E-state index contributed by atoms with van der Waals surface area (Å²) in [5.74, 6) is 0. The summed E-state index contributed by atoms with van der Waals surface area (Å²) in [6, 6.07) is 7.24. The minimum atomic E-state index is -0.848. The van der Waals surface area contributed by atoms with Crippen molar-refractivity contribution in [2.24, 2.45) is 5.73 Å². The van der Waals surface area contributed by atoms with Gasteiger partial charge in [-0.2, -0.15) is 0 Å². The van der Waals surface area contributed by atoms with E-state index in [4.69, 9.17) is 17.3 Å². The number of benzene rings is 1. The summed E-state index contributed by atoms with van der Waals surface area (Å²) in [6.07, 6.45) is 0.653. The van der Waals surface area contributed by atoms with Gasteiger partial charge in [0.25, 0.3) is 0 Å². The van der Waals surface area contributed by atoms with E-state index >= 15 is 0 Å².